The Kier molecular flexibility index (Phi) is 7.41. The number of ether oxygens (including phenoxy) is 1. The van der Waals surface area contributed by atoms with Crippen molar-refractivity contribution >= 4 is 35.6 Å². The van der Waals surface area contributed by atoms with Crippen LogP contribution in [0.1, 0.15) is 29.0 Å². The number of benzene rings is 2. The lowest BCUT2D eigenvalue weighted by molar-refractivity contribution is 0.327. The normalized spacial score (nSPS) is 19.0. The van der Waals surface area contributed by atoms with Gasteiger partial charge < -0.3 is 16.2 Å². The second kappa shape index (κ2) is 9.11. The van der Waals surface area contributed by atoms with Gasteiger partial charge in [-0.1, -0.05) is 35.3 Å². The molecule has 0 saturated heterocycles. The Morgan fingerprint density at radius 1 is 1.08 bits per heavy atom. The zero-order valence-electron chi connectivity index (χ0n) is 13.9. The van der Waals surface area contributed by atoms with Gasteiger partial charge in [0.2, 0.25) is 0 Å². The summed E-state index contributed by atoms with van der Waals surface area (Å²) >= 11 is 12.2. The van der Waals surface area contributed by atoms with E-state index in [0.29, 0.717) is 23.2 Å². The van der Waals surface area contributed by atoms with Crippen molar-refractivity contribution in [3.8, 4) is 5.75 Å². The summed E-state index contributed by atoms with van der Waals surface area (Å²) in [6.45, 7) is 1.02. The molecule has 0 heterocycles. The van der Waals surface area contributed by atoms with Gasteiger partial charge in [0.25, 0.3) is 0 Å². The SMILES string of the molecule is Cl.NCCOc1ccc2c(c1)C(Cc1ccc(Cl)c(Cl)c1)C(N)CC2. The first-order valence-corrected chi connectivity index (χ1v) is 8.99. The number of rotatable bonds is 5. The third kappa shape index (κ3) is 4.81. The zero-order chi connectivity index (χ0) is 17.1. The first kappa shape index (κ1) is 20.3. The summed E-state index contributed by atoms with van der Waals surface area (Å²) < 4.78 is 5.69. The van der Waals surface area contributed by atoms with E-state index in [1.165, 1.54) is 11.1 Å². The van der Waals surface area contributed by atoms with Crippen molar-refractivity contribution < 1.29 is 4.74 Å². The molecule has 6 heteroatoms. The molecule has 0 amide bonds. The Labute approximate surface area is 165 Å². The Morgan fingerprint density at radius 2 is 1.88 bits per heavy atom. The highest BCUT2D eigenvalue weighted by Crippen LogP contribution is 2.36. The first-order valence-electron chi connectivity index (χ1n) is 8.23. The van der Waals surface area contributed by atoms with Gasteiger partial charge in [-0.25, -0.2) is 0 Å². The maximum absolute atomic E-state index is 6.44. The second-order valence-corrected chi connectivity index (χ2v) is 7.07. The summed E-state index contributed by atoms with van der Waals surface area (Å²) in [6.07, 6.45) is 2.83. The van der Waals surface area contributed by atoms with Crippen LogP contribution in [0.5, 0.6) is 5.75 Å². The fourth-order valence-electron chi connectivity index (χ4n) is 3.35. The van der Waals surface area contributed by atoms with Gasteiger partial charge in [0.1, 0.15) is 12.4 Å². The lowest BCUT2D eigenvalue weighted by Gasteiger charge is -2.32. The summed E-state index contributed by atoms with van der Waals surface area (Å²) in [5.41, 5.74) is 15.7. The number of fused-ring (bicyclic) bond motifs is 1. The third-order valence-electron chi connectivity index (χ3n) is 4.61. The van der Waals surface area contributed by atoms with Crippen LogP contribution < -0.4 is 16.2 Å². The van der Waals surface area contributed by atoms with Gasteiger partial charge in [-0.15, -0.1) is 12.4 Å². The maximum atomic E-state index is 6.44. The van der Waals surface area contributed by atoms with Crippen LogP contribution in [0.15, 0.2) is 36.4 Å². The fraction of sp³-hybridized carbons (Fsp3) is 0.368. The van der Waals surface area contributed by atoms with Gasteiger partial charge in [0, 0.05) is 18.5 Å². The van der Waals surface area contributed by atoms with Gasteiger partial charge in [-0.3, -0.25) is 0 Å². The molecule has 0 spiro atoms. The summed E-state index contributed by atoms with van der Waals surface area (Å²) in [5.74, 6) is 1.10. The van der Waals surface area contributed by atoms with Gasteiger partial charge in [-0.05, 0) is 60.2 Å². The molecule has 1 aliphatic carbocycles. The van der Waals surface area contributed by atoms with Crippen LogP contribution in [-0.4, -0.2) is 19.2 Å². The number of hydrogen-bond acceptors (Lipinski definition) is 3. The minimum atomic E-state index is 0. The molecule has 0 fully saturated rings. The molecule has 2 atom stereocenters. The Hall–Kier alpha value is -0.970. The van der Waals surface area contributed by atoms with Crippen LogP contribution in [0, 0.1) is 0 Å². The van der Waals surface area contributed by atoms with Crippen molar-refractivity contribution in [2.75, 3.05) is 13.2 Å². The van der Waals surface area contributed by atoms with Crippen molar-refractivity contribution in [2.45, 2.75) is 31.2 Å². The molecule has 2 aromatic rings. The van der Waals surface area contributed by atoms with Crippen LogP contribution >= 0.6 is 35.6 Å². The number of hydrogen-bond donors (Lipinski definition) is 2. The molecular formula is C19H23Cl3N2O. The van der Waals surface area contributed by atoms with Crippen molar-refractivity contribution in [2.24, 2.45) is 11.5 Å². The lowest BCUT2D eigenvalue weighted by atomic mass is 9.76. The number of nitrogens with two attached hydrogens (primary N) is 2. The quantitative estimate of drug-likeness (QED) is 0.783. The van der Waals surface area contributed by atoms with E-state index in [-0.39, 0.29) is 24.4 Å². The van der Waals surface area contributed by atoms with Crippen LogP contribution in [0.3, 0.4) is 0 Å². The molecule has 3 rings (SSSR count). The molecule has 0 radical (unpaired) electrons. The first-order chi connectivity index (χ1) is 11.6. The predicted octanol–water partition coefficient (Wildman–Crippen LogP) is 4.35. The molecule has 0 aromatic heterocycles. The molecule has 4 N–H and O–H groups in total. The zero-order valence-corrected chi connectivity index (χ0v) is 16.2. The fourth-order valence-corrected chi connectivity index (χ4v) is 3.67. The molecule has 0 saturated carbocycles. The molecule has 0 aliphatic heterocycles. The summed E-state index contributed by atoms with van der Waals surface area (Å²) in [7, 11) is 0. The van der Waals surface area contributed by atoms with Crippen molar-refractivity contribution in [3.63, 3.8) is 0 Å². The van der Waals surface area contributed by atoms with E-state index in [1.807, 2.05) is 24.3 Å². The molecule has 3 nitrogen and oxygen atoms in total. The summed E-state index contributed by atoms with van der Waals surface area (Å²) in [4.78, 5) is 0. The molecule has 0 bridgehead atoms. The van der Waals surface area contributed by atoms with Gasteiger partial charge in [0.05, 0.1) is 10.0 Å². The second-order valence-electron chi connectivity index (χ2n) is 6.26. The summed E-state index contributed by atoms with van der Waals surface area (Å²) in [6, 6.07) is 12.2. The molecule has 25 heavy (non-hydrogen) atoms. The molecular weight excluding hydrogens is 379 g/mol. The van der Waals surface area contributed by atoms with E-state index in [2.05, 4.69) is 12.1 Å². The smallest absolute Gasteiger partial charge is 0.119 e. The highest BCUT2D eigenvalue weighted by molar-refractivity contribution is 6.42. The topological polar surface area (TPSA) is 61.3 Å². The van der Waals surface area contributed by atoms with Crippen molar-refractivity contribution in [1.29, 1.82) is 0 Å². The Bertz CT molecular complexity index is 724. The van der Waals surface area contributed by atoms with Gasteiger partial charge in [-0.2, -0.15) is 0 Å². The minimum absolute atomic E-state index is 0. The highest BCUT2D eigenvalue weighted by atomic mass is 35.5. The Morgan fingerprint density at radius 3 is 2.60 bits per heavy atom. The van der Waals surface area contributed by atoms with E-state index < -0.39 is 0 Å². The van der Waals surface area contributed by atoms with Gasteiger partial charge >= 0.3 is 0 Å². The average molecular weight is 402 g/mol. The van der Waals surface area contributed by atoms with Crippen LogP contribution in [0.2, 0.25) is 10.0 Å². The van der Waals surface area contributed by atoms with E-state index in [9.17, 15) is 0 Å². The third-order valence-corrected chi connectivity index (χ3v) is 5.35. The predicted molar refractivity (Wildman–Crippen MR) is 107 cm³/mol. The average Bonchev–Trinajstić information content (AvgIpc) is 2.58. The monoisotopic (exact) mass is 400 g/mol. The van der Waals surface area contributed by atoms with E-state index in [4.69, 9.17) is 39.4 Å². The van der Waals surface area contributed by atoms with Crippen LogP contribution in [-0.2, 0) is 12.8 Å². The largest absolute Gasteiger partial charge is 0.492 e. The number of halogens is 3. The van der Waals surface area contributed by atoms with Gasteiger partial charge in [0.15, 0.2) is 0 Å². The van der Waals surface area contributed by atoms with Crippen molar-refractivity contribution in [1.82, 2.24) is 0 Å². The lowest BCUT2D eigenvalue weighted by Crippen LogP contribution is -2.34. The highest BCUT2D eigenvalue weighted by Gasteiger charge is 2.27. The minimum Gasteiger partial charge on any atom is -0.492 e. The maximum Gasteiger partial charge on any atom is 0.119 e. The summed E-state index contributed by atoms with van der Waals surface area (Å²) in [5, 5.41) is 1.16. The number of aryl methyl sites for hydroxylation is 1. The van der Waals surface area contributed by atoms with E-state index in [0.717, 1.165) is 30.6 Å². The van der Waals surface area contributed by atoms with E-state index >= 15 is 0 Å². The molecule has 136 valence electrons. The molecule has 1 aliphatic rings. The Balaban J connectivity index is 0.00000225. The van der Waals surface area contributed by atoms with E-state index in [1.54, 1.807) is 0 Å². The molecule has 2 aromatic carbocycles. The van der Waals surface area contributed by atoms with Crippen LogP contribution in [0.25, 0.3) is 0 Å². The standard InChI is InChI=1S/C19H22Cl2N2O.ClH/c20-17-5-1-12(10-18(17)21)9-16-15-11-14(24-8-7-22)4-2-13(15)3-6-19(16)23;/h1-2,4-5,10-11,16,19H,3,6-9,22-23H2;1H. The van der Waals surface area contributed by atoms with Crippen molar-refractivity contribution in [3.05, 3.63) is 63.1 Å². The molecule has 2 unspecified atom stereocenters. The van der Waals surface area contributed by atoms with Crippen LogP contribution in [0.4, 0.5) is 0 Å².